The van der Waals surface area contributed by atoms with Gasteiger partial charge >= 0.3 is 0 Å². The highest BCUT2D eigenvalue weighted by atomic mass is 32.2. The number of ketones is 1. The monoisotopic (exact) mass is 314 g/mol. The predicted octanol–water partition coefficient (Wildman–Crippen LogP) is 5.37. The Morgan fingerprint density at radius 1 is 1.23 bits per heavy atom. The van der Waals surface area contributed by atoms with Crippen molar-refractivity contribution in [1.82, 2.24) is 0 Å². The molecule has 3 aliphatic carbocycles. The van der Waals surface area contributed by atoms with Crippen LogP contribution >= 0.6 is 11.8 Å². The van der Waals surface area contributed by atoms with Crippen LogP contribution in [0, 0.1) is 22.7 Å². The first-order chi connectivity index (χ1) is 10.4. The zero-order chi connectivity index (χ0) is 15.8. The summed E-state index contributed by atoms with van der Waals surface area (Å²) < 4.78 is 0. The summed E-state index contributed by atoms with van der Waals surface area (Å²) in [5, 5.41) is 0. The molecular weight excluding hydrogens is 288 g/mol. The summed E-state index contributed by atoms with van der Waals surface area (Å²) in [5.41, 5.74) is 0.278. The second-order valence-corrected chi connectivity index (χ2v) is 8.83. The minimum absolute atomic E-state index is 0.0761. The first-order valence-electron chi connectivity index (χ1n) is 8.32. The van der Waals surface area contributed by atoms with Crippen LogP contribution in [0.2, 0.25) is 0 Å². The average Bonchev–Trinajstić information content (AvgIpc) is 2.46. The van der Waals surface area contributed by atoms with Crippen molar-refractivity contribution in [2.45, 2.75) is 44.9 Å². The number of hydrogen-bond donors (Lipinski definition) is 0. The lowest BCUT2D eigenvalue weighted by Gasteiger charge is -2.62. The highest BCUT2D eigenvalue weighted by Crippen LogP contribution is 2.64. The molecule has 2 heteroatoms. The Morgan fingerprint density at radius 2 is 1.95 bits per heavy atom. The van der Waals surface area contributed by atoms with Crippen molar-refractivity contribution in [3.63, 3.8) is 0 Å². The van der Waals surface area contributed by atoms with Gasteiger partial charge in [-0.1, -0.05) is 51.1 Å². The smallest absolute Gasteiger partial charge is 0.137 e. The number of benzene rings is 1. The van der Waals surface area contributed by atoms with E-state index in [0.717, 1.165) is 25.0 Å². The van der Waals surface area contributed by atoms with Crippen molar-refractivity contribution in [2.75, 3.05) is 5.75 Å². The minimum Gasteiger partial charge on any atom is -0.299 e. The van der Waals surface area contributed by atoms with Gasteiger partial charge in [0.2, 0.25) is 0 Å². The second-order valence-electron chi connectivity index (χ2n) is 7.66. The van der Waals surface area contributed by atoms with Crippen LogP contribution in [0.15, 0.2) is 47.4 Å². The van der Waals surface area contributed by atoms with E-state index < -0.39 is 0 Å². The number of allylic oxidation sites excluding steroid dienone is 2. The second kappa shape index (κ2) is 5.88. The fourth-order valence-electron chi connectivity index (χ4n) is 4.50. The van der Waals surface area contributed by atoms with E-state index in [-0.39, 0.29) is 10.8 Å². The van der Waals surface area contributed by atoms with Crippen LogP contribution in [0.25, 0.3) is 0 Å². The molecule has 0 radical (unpaired) electrons. The third kappa shape index (κ3) is 2.78. The molecule has 1 nitrogen and oxygen atoms in total. The number of fused-ring (bicyclic) bond motifs is 2. The topological polar surface area (TPSA) is 17.1 Å². The minimum atomic E-state index is 0.0761. The van der Waals surface area contributed by atoms with Gasteiger partial charge in [-0.3, -0.25) is 4.79 Å². The average molecular weight is 314 g/mol. The lowest BCUT2D eigenvalue weighted by atomic mass is 9.41. The molecule has 0 saturated heterocycles. The zero-order valence-corrected chi connectivity index (χ0v) is 14.7. The van der Waals surface area contributed by atoms with E-state index in [1.54, 1.807) is 0 Å². The largest absolute Gasteiger partial charge is 0.299 e. The van der Waals surface area contributed by atoms with Gasteiger partial charge < -0.3 is 0 Å². The summed E-state index contributed by atoms with van der Waals surface area (Å²) in [4.78, 5) is 13.6. The van der Waals surface area contributed by atoms with Gasteiger partial charge in [0.1, 0.15) is 5.78 Å². The maximum atomic E-state index is 12.3. The third-order valence-electron chi connectivity index (χ3n) is 5.80. The fourth-order valence-corrected chi connectivity index (χ4v) is 5.34. The fraction of sp³-hybridized carbons (Fsp3) is 0.550. The van der Waals surface area contributed by atoms with E-state index in [9.17, 15) is 4.79 Å². The summed E-state index contributed by atoms with van der Waals surface area (Å²) in [6.07, 6.45) is 7.57. The molecule has 0 amide bonds. The van der Waals surface area contributed by atoms with Gasteiger partial charge in [0.25, 0.3) is 0 Å². The molecule has 4 rings (SSSR count). The molecule has 118 valence electrons. The summed E-state index contributed by atoms with van der Waals surface area (Å²) >= 11 is 1.90. The number of hydrogen-bond acceptors (Lipinski definition) is 2. The standard InChI is InChI=1S/C20H26OS/c1-19(2)16-13-18(19)20(3,14-17(16)21)11-7-8-12-22-15-9-5-4-6-10-15/h4-7,9-11,16,18H,8,12-14H2,1-3H3/b11-7+/t16-,18-,20?/m1/s1. The lowest BCUT2D eigenvalue weighted by molar-refractivity contribution is -0.165. The molecule has 1 aromatic rings. The molecule has 22 heavy (non-hydrogen) atoms. The highest BCUT2D eigenvalue weighted by Gasteiger charge is 2.62. The first kappa shape index (κ1) is 15.9. The molecule has 1 unspecified atom stereocenters. The van der Waals surface area contributed by atoms with Crippen molar-refractivity contribution < 1.29 is 4.79 Å². The normalized spacial score (nSPS) is 33.0. The molecule has 0 N–H and O–H groups in total. The Morgan fingerprint density at radius 3 is 2.59 bits per heavy atom. The Hall–Kier alpha value is -1.02. The Kier molecular flexibility index (Phi) is 4.24. The van der Waals surface area contributed by atoms with Crippen LogP contribution in [0.4, 0.5) is 0 Å². The number of thioether (sulfide) groups is 1. The number of rotatable bonds is 5. The summed E-state index contributed by atoms with van der Waals surface area (Å²) in [7, 11) is 0. The van der Waals surface area contributed by atoms with Gasteiger partial charge in [-0.15, -0.1) is 11.8 Å². The maximum Gasteiger partial charge on any atom is 0.137 e. The van der Waals surface area contributed by atoms with E-state index in [4.69, 9.17) is 0 Å². The van der Waals surface area contributed by atoms with Crippen molar-refractivity contribution >= 4 is 17.5 Å². The van der Waals surface area contributed by atoms with Crippen LogP contribution in [0.3, 0.4) is 0 Å². The number of carbonyl (C=O) groups is 1. The van der Waals surface area contributed by atoms with Gasteiger partial charge in [0, 0.05) is 23.0 Å². The molecule has 3 saturated carbocycles. The first-order valence-corrected chi connectivity index (χ1v) is 9.30. The zero-order valence-electron chi connectivity index (χ0n) is 13.8. The van der Waals surface area contributed by atoms with Crippen LogP contribution in [0.5, 0.6) is 0 Å². The molecule has 3 aliphatic rings. The molecule has 0 aliphatic heterocycles. The van der Waals surface area contributed by atoms with Crippen molar-refractivity contribution in [1.29, 1.82) is 0 Å². The molecule has 1 aromatic carbocycles. The summed E-state index contributed by atoms with van der Waals surface area (Å²) in [5.74, 6) is 2.58. The quantitative estimate of drug-likeness (QED) is 0.413. The van der Waals surface area contributed by atoms with Crippen LogP contribution in [-0.4, -0.2) is 11.5 Å². The highest BCUT2D eigenvalue weighted by molar-refractivity contribution is 7.99. The van der Waals surface area contributed by atoms with Gasteiger partial charge in [0.15, 0.2) is 0 Å². The SMILES string of the molecule is CC1(/C=C/CCSc2ccccc2)CC(=O)[C@H]2C[C@@H]1C2(C)C. The molecule has 2 bridgehead atoms. The van der Waals surface area contributed by atoms with Crippen LogP contribution < -0.4 is 0 Å². The summed E-state index contributed by atoms with van der Waals surface area (Å²) in [6.45, 7) is 6.84. The molecule has 3 fully saturated rings. The van der Waals surface area contributed by atoms with Gasteiger partial charge in [-0.25, -0.2) is 0 Å². The lowest BCUT2D eigenvalue weighted by Crippen LogP contribution is -2.60. The van der Waals surface area contributed by atoms with Crippen LogP contribution in [0.1, 0.15) is 40.0 Å². The molecular formula is C20H26OS. The Balaban J connectivity index is 1.55. The van der Waals surface area contributed by atoms with Crippen molar-refractivity contribution in [3.05, 3.63) is 42.5 Å². The van der Waals surface area contributed by atoms with E-state index in [0.29, 0.717) is 17.6 Å². The molecule has 0 aromatic heterocycles. The summed E-state index contributed by atoms with van der Waals surface area (Å²) in [6, 6.07) is 10.5. The Labute approximate surface area is 138 Å². The molecule has 3 atom stereocenters. The number of Topliss-reactive ketones (excluding diaryl/α,β-unsaturated/α-hetero) is 1. The van der Waals surface area contributed by atoms with Gasteiger partial charge in [-0.05, 0) is 41.7 Å². The van der Waals surface area contributed by atoms with E-state index >= 15 is 0 Å². The van der Waals surface area contributed by atoms with Crippen molar-refractivity contribution in [2.24, 2.45) is 22.7 Å². The van der Waals surface area contributed by atoms with E-state index in [2.05, 4.69) is 63.3 Å². The maximum absolute atomic E-state index is 12.3. The van der Waals surface area contributed by atoms with Crippen molar-refractivity contribution in [3.8, 4) is 0 Å². The molecule has 0 spiro atoms. The van der Waals surface area contributed by atoms with E-state index in [1.165, 1.54) is 4.90 Å². The van der Waals surface area contributed by atoms with Gasteiger partial charge in [0.05, 0.1) is 0 Å². The Bertz CT molecular complexity index is 575. The van der Waals surface area contributed by atoms with Crippen LogP contribution in [-0.2, 0) is 4.79 Å². The number of carbonyl (C=O) groups excluding carboxylic acids is 1. The van der Waals surface area contributed by atoms with Gasteiger partial charge in [-0.2, -0.15) is 0 Å². The third-order valence-corrected chi connectivity index (χ3v) is 6.85. The predicted molar refractivity (Wildman–Crippen MR) is 94.0 cm³/mol. The van der Waals surface area contributed by atoms with E-state index in [1.807, 2.05) is 11.8 Å². The molecule has 0 heterocycles.